The van der Waals surface area contributed by atoms with Gasteiger partial charge in [0.2, 0.25) is 11.8 Å². The van der Waals surface area contributed by atoms with Gasteiger partial charge in [-0.1, -0.05) is 18.9 Å². The van der Waals surface area contributed by atoms with Crippen molar-refractivity contribution in [3.8, 4) is 5.75 Å². The molecule has 0 bridgehead atoms. The number of carbonyl (C=O) groups excluding carboxylic acids is 2. The standard InChI is InChI=1S/C17H22N2O3/c1-22-15-8-4-7-14(10-15)19-11-12(9-16(19)20)17(21)18-13-5-2-3-6-13/h4,7-8,10,12-13H,2-3,5-6,9,11H2,1H3,(H,18,21)/t12-/m0/s1. The number of methoxy groups -OCH3 is 1. The highest BCUT2D eigenvalue weighted by Crippen LogP contribution is 2.28. The Morgan fingerprint density at radius 3 is 2.82 bits per heavy atom. The summed E-state index contributed by atoms with van der Waals surface area (Å²) in [7, 11) is 1.60. The average molecular weight is 302 g/mol. The Morgan fingerprint density at radius 1 is 1.32 bits per heavy atom. The fraction of sp³-hybridized carbons (Fsp3) is 0.529. The summed E-state index contributed by atoms with van der Waals surface area (Å²) < 4.78 is 5.20. The Morgan fingerprint density at radius 2 is 2.09 bits per heavy atom. The molecular formula is C17H22N2O3. The van der Waals surface area contributed by atoms with Crippen LogP contribution in [0.5, 0.6) is 5.75 Å². The van der Waals surface area contributed by atoms with Crippen molar-refractivity contribution in [1.29, 1.82) is 0 Å². The molecule has 0 spiro atoms. The number of anilines is 1. The van der Waals surface area contributed by atoms with Gasteiger partial charge >= 0.3 is 0 Å². The van der Waals surface area contributed by atoms with E-state index in [1.165, 1.54) is 12.8 Å². The molecule has 1 N–H and O–H groups in total. The van der Waals surface area contributed by atoms with E-state index >= 15 is 0 Å². The first-order valence-corrected chi connectivity index (χ1v) is 7.92. The number of benzene rings is 1. The van der Waals surface area contributed by atoms with Crippen molar-refractivity contribution in [2.75, 3.05) is 18.6 Å². The molecule has 0 aromatic heterocycles. The lowest BCUT2D eigenvalue weighted by atomic mass is 10.1. The molecule has 5 heteroatoms. The first kappa shape index (κ1) is 14.9. The fourth-order valence-corrected chi connectivity index (χ4v) is 3.30. The van der Waals surface area contributed by atoms with E-state index in [2.05, 4.69) is 5.32 Å². The highest BCUT2D eigenvalue weighted by molar-refractivity contribution is 6.00. The van der Waals surface area contributed by atoms with Crippen molar-refractivity contribution in [2.45, 2.75) is 38.1 Å². The molecule has 1 aliphatic carbocycles. The SMILES string of the molecule is COc1cccc(N2C[C@@H](C(=O)NC3CCCC3)CC2=O)c1. The predicted molar refractivity (Wildman–Crippen MR) is 83.9 cm³/mol. The smallest absolute Gasteiger partial charge is 0.227 e. The number of rotatable bonds is 4. The summed E-state index contributed by atoms with van der Waals surface area (Å²) in [5, 5.41) is 3.09. The van der Waals surface area contributed by atoms with Crippen LogP contribution in [0, 0.1) is 5.92 Å². The summed E-state index contributed by atoms with van der Waals surface area (Å²) in [5.74, 6) is 0.480. The number of amides is 2. The van der Waals surface area contributed by atoms with Crippen molar-refractivity contribution in [1.82, 2.24) is 5.32 Å². The fourth-order valence-electron chi connectivity index (χ4n) is 3.30. The van der Waals surface area contributed by atoms with Gasteiger partial charge in [0, 0.05) is 30.8 Å². The minimum absolute atomic E-state index is 0.000162. The number of nitrogens with zero attached hydrogens (tertiary/aromatic N) is 1. The topological polar surface area (TPSA) is 58.6 Å². The number of hydrogen-bond acceptors (Lipinski definition) is 3. The Kier molecular flexibility index (Phi) is 4.32. The third kappa shape index (κ3) is 3.08. The highest BCUT2D eigenvalue weighted by atomic mass is 16.5. The van der Waals surface area contributed by atoms with Crippen LogP contribution in [-0.2, 0) is 9.59 Å². The average Bonchev–Trinajstić information content (AvgIpc) is 3.17. The van der Waals surface area contributed by atoms with E-state index in [1.54, 1.807) is 12.0 Å². The molecule has 1 aromatic carbocycles. The second kappa shape index (κ2) is 6.38. The van der Waals surface area contributed by atoms with Gasteiger partial charge in [-0.25, -0.2) is 0 Å². The van der Waals surface area contributed by atoms with Crippen molar-refractivity contribution < 1.29 is 14.3 Å². The van der Waals surface area contributed by atoms with E-state index in [4.69, 9.17) is 4.74 Å². The summed E-state index contributed by atoms with van der Waals surface area (Å²) in [6.45, 7) is 0.449. The Balaban J connectivity index is 1.65. The van der Waals surface area contributed by atoms with Crippen LogP contribution in [0.15, 0.2) is 24.3 Å². The summed E-state index contributed by atoms with van der Waals surface area (Å²) in [4.78, 5) is 26.2. The zero-order valence-electron chi connectivity index (χ0n) is 12.9. The molecule has 22 heavy (non-hydrogen) atoms. The summed E-state index contributed by atoms with van der Waals surface area (Å²) in [6, 6.07) is 7.70. The third-order valence-electron chi connectivity index (χ3n) is 4.56. The number of hydrogen-bond donors (Lipinski definition) is 1. The molecule has 1 saturated heterocycles. The largest absolute Gasteiger partial charge is 0.497 e. The lowest BCUT2D eigenvalue weighted by Crippen LogP contribution is -2.38. The second-order valence-electron chi connectivity index (χ2n) is 6.10. The molecule has 2 fully saturated rings. The molecule has 1 aliphatic heterocycles. The molecule has 2 amide bonds. The lowest BCUT2D eigenvalue weighted by Gasteiger charge is -2.18. The van der Waals surface area contributed by atoms with Crippen LogP contribution in [0.1, 0.15) is 32.1 Å². The first-order chi connectivity index (χ1) is 10.7. The van der Waals surface area contributed by atoms with E-state index in [1.807, 2.05) is 24.3 Å². The third-order valence-corrected chi connectivity index (χ3v) is 4.56. The van der Waals surface area contributed by atoms with Crippen LogP contribution in [0.3, 0.4) is 0 Å². The van der Waals surface area contributed by atoms with Crippen molar-refractivity contribution in [2.24, 2.45) is 5.92 Å². The van der Waals surface area contributed by atoms with Gasteiger partial charge in [0.1, 0.15) is 5.75 Å². The maximum atomic E-state index is 12.3. The Hall–Kier alpha value is -2.04. The first-order valence-electron chi connectivity index (χ1n) is 7.92. The van der Waals surface area contributed by atoms with Crippen LogP contribution in [0.25, 0.3) is 0 Å². The normalized spacial score (nSPS) is 22.1. The molecular weight excluding hydrogens is 280 g/mol. The van der Waals surface area contributed by atoms with Gasteiger partial charge < -0.3 is 15.0 Å². The second-order valence-corrected chi connectivity index (χ2v) is 6.10. The zero-order chi connectivity index (χ0) is 15.5. The number of carbonyl (C=O) groups is 2. The van der Waals surface area contributed by atoms with Gasteiger partial charge in [0.15, 0.2) is 0 Å². The Labute approximate surface area is 130 Å². The maximum absolute atomic E-state index is 12.3. The van der Waals surface area contributed by atoms with E-state index in [0.717, 1.165) is 18.5 Å². The van der Waals surface area contributed by atoms with Gasteiger partial charge in [0.25, 0.3) is 0 Å². The predicted octanol–water partition coefficient (Wildman–Crippen LogP) is 2.11. The monoisotopic (exact) mass is 302 g/mol. The summed E-state index contributed by atoms with van der Waals surface area (Å²) in [6.07, 6.45) is 4.78. The number of ether oxygens (including phenoxy) is 1. The minimum atomic E-state index is -0.251. The van der Waals surface area contributed by atoms with Crippen LogP contribution < -0.4 is 15.0 Å². The van der Waals surface area contributed by atoms with E-state index in [0.29, 0.717) is 18.3 Å². The number of nitrogens with one attached hydrogen (secondary N) is 1. The van der Waals surface area contributed by atoms with E-state index < -0.39 is 0 Å². The van der Waals surface area contributed by atoms with Gasteiger partial charge in [-0.3, -0.25) is 9.59 Å². The van der Waals surface area contributed by atoms with E-state index in [9.17, 15) is 9.59 Å². The van der Waals surface area contributed by atoms with Crippen LogP contribution in [0.2, 0.25) is 0 Å². The molecule has 3 rings (SSSR count). The molecule has 0 radical (unpaired) electrons. The molecule has 5 nitrogen and oxygen atoms in total. The zero-order valence-corrected chi connectivity index (χ0v) is 12.9. The van der Waals surface area contributed by atoms with Gasteiger partial charge in [-0.2, -0.15) is 0 Å². The molecule has 2 aliphatic rings. The van der Waals surface area contributed by atoms with Crippen molar-refractivity contribution in [3.05, 3.63) is 24.3 Å². The maximum Gasteiger partial charge on any atom is 0.227 e. The summed E-state index contributed by atoms with van der Waals surface area (Å²) in [5.41, 5.74) is 0.792. The molecule has 1 heterocycles. The van der Waals surface area contributed by atoms with Gasteiger partial charge in [0.05, 0.1) is 13.0 Å². The van der Waals surface area contributed by atoms with Gasteiger partial charge in [-0.05, 0) is 25.0 Å². The van der Waals surface area contributed by atoms with Crippen LogP contribution in [-0.4, -0.2) is 31.5 Å². The molecule has 1 aromatic rings. The summed E-state index contributed by atoms with van der Waals surface area (Å²) >= 11 is 0. The molecule has 1 atom stereocenters. The van der Waals surface area contributed by atoms with Crippen LogP contribution in [0.4, 0.5) is 5.69 Å². The van der Waals surface area contributed by atoms with Crippen molar-refractivity contribution >= 4 is 17.5 Å². The van der Waals surface area contributed by atoms with Gasteiger partial charge in [-0.15, -0.1) is 0 Å². The Bertz CT molecular complexity index is 567. The molecule has 1 saturated carbocycles. The van der Waals surface area contributed by atoms with Crippen molar-refractivity contribution in [3.63, 3.8) is 0 Å². The minimum Gasteiger partial charge on any atom is -0.497 e. The highest BCUT2D eigenvalue weighted by Gasteiger charge is 2.36. The van der Waals surface area contributed by atoms with Crippen LogP contribution >= 0.6 is 0 Å². The van der Waals surface area contributed by atoms with E-state index in [-0.39, 0.29) is 24.2 Å². The molecule has 0 unspecified atom stereocenters. The quantitative estimate of drug-likeness (QED) is 0.926. The lowest BCUT2D eigenvalue weighted by molar-refractivity contribution is -0.126. The molecule has 118 valence electrons.